The van der Waals surface area contributed by atoms with Crippen molar-refractivity contribution in [1.82, 2.24) is 0 Å². The predicted molar refractivity (Wildman–Crippen MR) is 222 cm³/mol. The fraction of sp³-hybridized carbons (Fsp3) is 0.292. The molecule has 0 saturated carbocycles. The van der Waals surface area contributed by atoms with Crippen LogP contribution >= 0.6 is 0 Å². The van der Waals surface area contributed by atoms with Crippen molar-refractivity contribution >= 4 is 75.4 Å². The molecule has 6 heteroatoms. The first-order valence-electron chi connectivity index (χ1n) is 19.7. The van der Waals surface area contributed by atoms with Gasteiger partial charge in [0.1, 0.15) is 0 Å². The summed E-state index contributed by atoms with van der Waals surface area (Å²) in [7, 11) is 0. The van der Waals surface area contributed by atoms with Gasteiger partial charge in [0.25, 0.3) is 0 Å². The second-order valence-electron chi connectivity index (χ2n) is 14.1. The monoisotopic (exact) mass is 716 g/mol. The van der Waals surface area contributed by atoms with Crippen LogP contribution in [0.5, 0.6) is 34.5 Å². The Morgan fingerprint density at radius 3 is 0.889 bits per heavy atom. The molecule has 6 nitrogen and oxygen atoms in total. The largest absolute Gasteiger partial charge is 0.490 e. The second kappa shape index (κ2) is 12.5. The molecule has 0 fully saturated rings. The number of allylic oxidation sites excluding steroid dienone is 4. The van der Waals surface area contributed by atoms with E-state index in [0.29, 0.717) is 39.6 Å². The molecule has 0 N–H and O–H groups in total. The summed E-state index contributed by atoms with van der Waals surface area (Å²) in [6, 6.07) is 17.4. The quantitative estimate of drug-likeness (QED) is 0.0927. The SMILES string of the molecule is CCOc1c(OCC)c2c3ccccc3c3c(OCC)c(OCC)c4c5ccccc5c5c(OCC)c(OCC)c6c7c(c1C1C=CC=CC61)c2c3c4c57. The molecule has 0 amide bonds. The number of benzene rings is 8. The molecule has 54 heavy (non-hydrogen) atoms. The number of hydrogen-bond acceptors (Lipinski definition) is 6. The van der Waals surface area contributed by atoms with E-state index < -0.39 is 0 Å². The lowest BCUT2D eigenvalue weighted by Gasteiger charge is -2.38. The maximum Gasteiger partial charge on any atom is 0.170 e. The summed E-state index contributed by atoms with van der Waals surface area (Å²) in [5, 5.41) is 15.6. The summed E-state index contributed by atoms with van der Waals surface area (Å²) < 4.78 is 40.9. The van der Waals surface area contributed by atoms with E-state index in [0.717, 1.165) is 110 Å². The third-order valence-electron chi connectivity index (χ3n) is 11.5. The highest BCUT2D eigenvalue weighted by atomic mass is 16.5. The summed E-state index contributed by atoms with van der Waals surface area (Å²) in [4.78, 5) is 0. The van der Waals surface area contributed by atoms with Gasteiger partial charge >= 0.3 is 0 Å². The van der Waals surface area contributed by atoms with Gasteiger partial charge in [-0.3, -0.25) is 0 Å². The van der Waals surface area contributed by atoms with Crippen molar-refractivity contribution in [2.24, 2.45) is 0 Å². The second-order valence-corrected chi connectivity index (χ2v) is 14.1. The van der Waals surface area contributed by atoms with Gasteiger partial charge in [-0.15, -0.1) is 0 Å². The minimum atomic E-state index is -0.0260. The Labute approximate surface area is 314 Å². The van der Waals surface area contributed by atoms with Crippen molar-refractivity contribution in [2.75, 3.05) is 39.6 Å². The Hall–Kier alpha value is -5.62. The molecule has 0 bridgehead atoms. The van der Waals surface area contributed by atoms with Crippen LogP contribution in [-0.4, -0.2) is 39.6 Å². The van der Waals surface area contributed by atoms with Crippen LogP contribution in [0.1, 0.15) is 64.5 Å². The molecule has 0 spiro atoms. The standard InChI is InChI=1S/C48H44O6/c1-7-49-43-31-25-19-13-14-20-26(25)33-39-37(31)38-32(44(43)50-8-2)27-21-15-16-22-28(27)34-40(38)42-36(48(54-12-6)46(34)52-10-4)30-24-18-17-23-29(30)35(41(39)42)47(53-11-5)45(33)51-9-3/h13-26H,7-12H2,1-6H3. The lowest BCUT2D eigenvalue weighted by Crippen LogP contribution is -2.19. The Bertz CT molecular complexity index is 2670. The predicted octanol–water partition coefficient (Wildman–Crippen LogP) is 12.3. The van der Waals surface area contributed by atoms with E-state index >= 15 is 0 Å². The molecule has 0 saturated heterocycles. The molecule has 0 aliphatic heterocycles. The number of fused-ring (bicyclic) bond motifs is 9. The maximum absolute atomic E-state index is 6.83. The zero-order chi connectivity index (χ0) is 36.8. The first kappa shape index (κ1) is 33.0. The molecule has 272 valence electrons. The highest BCUT2D eigenvalue weighted by molar-refractivity contribution is 6.51. The fourth-order valence-corrected chi connectivity index (χ4v) is 10.0. The van der Waals surface area contributed by atoms with Crippen LogP contribution in [0.4, 0.5) is 0 Å². The summed E-state index contributed by atoms with van der Waals surface area (Å²) in [6.45, 7) is 15.4. The molecule has 0 aromatic heterocycles. The molecule has 2 aliphatic carbocycles. The van der Waals surface area contributed by atoms with Crippen LogP contribution < -0.4 is 28.4 Å². The van der Waals surface area contributed by atoms with Crippen molar-refractivity contribution in [1.29, 1.82) is 0 Å². The minimum Gasteiger partial charge on any atom is -0.490 e. The van der Waals surface area contributed by atoms with Gasteiger partial charge in [0.15, 0.2) is 34.5 Å². The van der Waals surface area contributed by atoms with E-state index in [2.05, 4.69) is 114 Å². The van der Waals surface area contributed by atoms with Crippen molar-refractivity contribution in [3.8, 4) is 34.5 Å². The molecular weight excluding hydrogens is 673 g/mol. The van der Waals surface area contributed by atoms with E-state index in [1.54, 1.807) is 0 Å². The molecule has 0 radical (unpaired) electrons. The number of ether oxygens (including phenoxy) is 6. The van der Waals surface area contributed by atoms with Gasteiger partial charge in [0.05, 0.1) is 39.6 Å². The van der Waals surface area contributed by atoms with Crippen LogP contribution in [-0.2, 0) is 0 Å². The number of hydrogen-bond donors (Lipinski definition) is 0. The summed E-state index contributed by atoms with van der Waals surface area (Å²) in [6.07, 6.45) is 9.00. The third-order valence-corrected chi connectivity index (χ3v) is 11.5. The van der Waals surface area contributed by atoms with Gasteiger partial charge in [-0.1, -0.05) is 72.8 Å². The normalized spacial score (nSPS) is 16.3. The Kier molecular flexibility index (Phi) is 7.62. The van der Waals surface area contributed by atoms with Crippen LogP contribution in [0.2, 0.25) is 0 Å². The van der Waals surface area contributed by atoms with Gasteiger partial charge in [-0.05, 0) is 73.9 Å². The van der Waals surface area contributed by atoms with E-state index in [4.69, 9.17) is 28.4 Å². The Balaban J connectivity index is 1.69. The first-order valence-corrected chi connectivity index (χ1v) is 19.7. The smallest absolute Gasteiger partial charge is 0.170 e. The molecule has 0 heterocycles. The molecule has 8 aromatic rings. The third kappa shape index (κ3) is 4.06. The van der Waals surface area contributed by atoms with Gasteiger partial charge in [0.2, 0.25) is 0 Å². The van der Waals surface area contributed by atoms with Crippen molar-refractivity contribution in [3.05, 3.63) is 84.0 Å². The number of rotatable bonds is 12. The van der Waals surface area contributed by atoms with Crippen LogP contribution in [0.15, 0.2) is 72.8 Å². The van der Waals surface area contributed by atoms with Gasteiger partial charge in [0, 0.05) is 66.1 Å². The van der Waals surface area contributed by atoms with Crippen LogP contribution in [0, 0.1) is 0 Å². The molecule has 2 unspecified atom stereocenters. The van der Waals surface area contributed by atoms with E-state index in [-0.39, 0.29) is 11.8 Å². The zero-order valence-corrected chi connectivity index (χ0v) is 31.8. The highest BCUT2D eigenvalue weighted by Crippen LogP contribution is 2.67. The summed E-state index contributed by atoms with van der Waals surface area (Å²) in [5.74, 6) is 4.74. The Morgan fingerprint density at radius 2 is 0.593 bits per heavy atom. The fourth-order valence-electron chi connectivity index (χ4n) is 10.0. The summed E-state index contributed by atoms with van der Waals surface area (Å²) >= 11 is 0. The van der Waals surface area contributed by atoms with Crippen molar-refractivity contribution in [2.45, 2.75) is 53.4 Å². The van der Waals surface area contributed by atoms with Gasteiger partial charge in [-0.2, -0.15) is 0 Å². The lowest BCUT2D eigenvalue weighted by molar-refractivity contribution is 0.285. The molecule has 10 rings (SSSR count). The highest BCUT2D eigenvalue weighted by Gasteiger charge is 2.43. The van der Waals surface area contributed by atoms with E-state index in [1.165, 1.54) is 10.8 Å². The van der Waals surface area contributed by atoms with Gasteiger partial charge in [-0.25, -0.2) is 0 Å². The van der Waals surface area contributed by atoms with E-state index in [1.807, 2.05) is 0 Å². The molecular formula is C48H44O6. The Morgan fingerprint density at radius 1 is 0.333 bits per heavy atom. The lowest BCUT2D eigenvalue weighted by atomic mass is 9.67. The van der Waals surface area contributed by atoms with E-state index in [9.17, 15) is 0 Å². The average molecular weight is 717 g/mol. The molecule has 8 aromatic carbocycles. The molecule has 2 atom stereocenters. The topological polar surface area (TPSA) is 55.4 Å². The minimum absolute atomic E-state index is 0.0260. The van der Waals surface area contributed by atoms with Crippen LogP contribution in [0.25, 0.3) is 75.4 Å². The zero-order valence-electron chi connectivity index (χ0n) is 31.8. The summed E-state index contributed by atoms with van der Waals surface area (Å²) in [5.41, 5.74) is 2.32. The van der Waals surface area contributed by atoms with Crippen molar-refractivity contribution in [3.63, 3.8) is 0 Å². The van der Waals surface area contributed by atoms with Crippen molar-refractivity contribution < 1.29 is 28.4 Å². The maximum atomic E-state index is 6.83. The molecule has 2 aliphatic rings. The first-order chi connectivity index (χ1) is 26.6. The average Bonchev–Trinajstić information content (AvgIpc) is 3.20. The van der Waals surface area contributed by atoms with Crippen LogP contribution in [0.3, 0.4) is 0 Å². The van der Waals surface area contributed by atoms with Gasteiger partial charge < -0.3 is 28.4 Å².